The van der Waals surface area contributed by atoms with E-state index in [1.807, 2.05) is 12.1 Å². The van der Waals surface area contributed by atoms with Gasteiger partial charge in [-0.25, -0.2) is 4.79 Å². The maximum atomic E-state index is 12.2. The highest BCUT2D eigenvalue weighted by Gasteiger charge is 2.25. The molecule has 7 heteroatoms. The molecule has 2 N–H and O–H groups in total. The third kappa shape index (κ3) is 3.88. The quantitative estimate of drug-likeness (QED) is 0.398. The zero-order valence-corrected chi connectivity index (χ0v) is 16.5. The van der Waals surface area contributed by atoms with Crippen LogP contribution in [0.25, 0.3) is 10.9 Å². The van der Waals surface area contributed by atoms with Gasteiger partial charge in [0.05, 0.1) is 5.52 Å². The number of phenols is 1. The van der Waals surface area contributed by atoms with Crippen LogP contribution in [0.1, 0.15) is 16.1 Å². The molecule has 146 valence electrons. The lowest BCUT2D eigenvalue weighted by atomic mass is 10.2. The Hall–Kier alpha value is -3.15. The average molecular weight is 428 g/mol. The normalized spacial score (nSPS) is 11.0. The number of carboxylic acids is 1. The molecular formula is C22H15Cl2NO4. The number of halogens is 2. The predicted octanol–water partition coefficient (Wildman–Crippen LogP) is 6.19. The van der Waals surface area contributed by atoms with Gasteiger partial charge in [0, 0.05) is 22.0 Å². The molecular weight excluding hydrogens is 413 g/mol. The minimum Gasteiger partial charge on any atom is -0.508 e. The van der Waals surface area contributed by atoms with E-state index in [1.54, 1.807) is 47.0 Å². The van der Waals surface area contributed by atoms with Crippen LogP contribution in [0, 0.1) is 0 Å². The predicted molar refractivity (Wildman–Crippen MR) is 113 cm³/mol. The van der Waals surface area contributed by atoms with Crippen molar-refractivity contribution in [3.05, 3.63) is 88.0 Å². The lowest BCUT2D eigenvalue weighted by Gasteiger charge is -2.10. The fourth-order valence-electron chi connectivity index (χ4n) is 3.18. The summed E-state index contributed by atoms with van der Waals surface area (Å²) in [5.74, 6) is -0.449. The lowest BCUT2D eigenvalue weighted by Crippen LogP contribution is -2.10. The Morgan fingerprint density at radius 2 is 1.59 bits per heavy atom. The summed E-state index contributed by atoms with van der Waals surface area (Å²) >= 11 is 12.1. The number of phenolic OH excluding ortho intramolecular Hbond substituents is 1. The third-order valence-corrected chi connectivity index (χ3v) is 4.98. The first-order chi connectivity index (χ1) is 13.9. The Morgan fingerprint density at radius 3 is 2.24 bits per heavy atom. The van der Waals surface area contributed by atoms with Crippen LogP contribution in [0.15, 0.2) is 66.7 Å². The second kappa shape index (κ2) is 7.70. The van der Waals surface area contributed by atoms with Gasteiger partial charge in [0.25, 0.3) is 0 Å². The Morgan fingerprint density at radius 1 is 0.931 bits per heavy atom. The highest BCUT2D eigenvalue weighted by molar-refractivity contribution is 6.31. The molecule has 1 heterocycles. The number of carboxylic acid groups (broad SMARTS) is 1. The average Bonchev–Trinajstić information content (AvgIpc) is 2.98. The van der Waals surface area contributed by atoms with Crippen molar-refractivity contribution in [2.45, 2.75) is 6.54 Å². The second-order valence-electron chi connectivity index (χ2n) is 6.45. The van der Waals surface area contributed by atoms with Crippen molar-refractivity contribution in [1.82, 2.24) is 4.57 Å². The van der Waals surface area contributed by atoms with Crippen LogP contribution in [-0.4, -0.2) is 20.7 Å². The van der Waals surface area contributed by atoms with Crippen LogP contribution >= 0.6 is 23.2 Å². The van der Waals surface area contributed by atoms with E-state index < -0.39 is 5.97 Å². The van der Waals surface area contributed by atoms with Gasteiger partial charge in [0.15, 0.2) is 11.4 Å². The van der Waals surface area contributed by atoms with Crippen LogP contribution in [0.3, 0.4) is 0 Å². The first-order valence-corrected chi connectivity index (χ1v) is 9.44. The maximum absolute atomic E-state index is 12.2. The van der Waals surface area contributed by atoms with Crippen molar-refractivity contribution in [2.75, 3.05) is 0 Å². The molecule has 0 radical (unpaired) electrons. The van der Waals surface area contributed by atoms with E-state index in [2.05, 4.69) is 0 Å². The molecule has 3 aromatic carbocycles. The molecule has 0 atom stereocenters. The molecule has 1 aromatic heterocycles. The molecule has 5 nitrogen and oxygen atoms in total. The van der Waals surface area contributed by atoms with Gasteiger partial charge in [0.2, 0.25) is 0 Å². The summed E-state index contributed by atoms with van der Waals surface area (Å²) in [5, 5.41) is 21.1. The number of fused-ring (bicyclic) bond motifs is 1. The summed E-state index contributed by atoms with van der Waals surface area (Å²) < 4.78 is 7.61. The number of aromatic nitrogens is 1. The fourth-order valence-corrected chi connectivity index (χ4v) is 3.48. The number of carbonyl (C=O) groups is 1. The summed E-state index contributed by atoms with van der Waals surface area (Å²) in [6, 6.07) is 18.4. The first-order valence-electron chi connectivity index (χ1n) is 8.69. The van der Waals surface area contributed by atoms with E-state index >= 15 is 0 Å². The molecule has 0 aliphatic rings. The van der Waals surface area contributed by atoms with Crippen molar-refractivity contribution in [3.63, 3.8) is 0 Å². The van der Waals surface area contributed by atoms with Gasteiger partial charge in [-0.2, -0.15) is 0 Å². The Bertz CT molecular complexity index is 1200. The smallest absolute Gasteiger partial charge is 0.356 e. The summed E-state index contributed by atoms with van der Waals surface area (Å²) in [5.41, 5.74) is 1.57. The van der Waals surface area contributed by atoms with Crippen LogP contribution in [-0.2, 0) is 6.54 Å². The minimum atomic E-state index is -1.12. The largest absolute Gasteiger partial charge is 0.508 e. The molecule has 4 rings (SSSR count). The minimum absolute atomic E-state index is 0.00490. The summed E-state index contributed by atoms with van der Waals surface area (Å²) in [6.45, 7) is 0.315. The number of hydrogen-bond acceptors (Lipinski definition) is 3. The fraction of sp³-hybridized carbons (Fsp3) is 0.0455. The van der Waals surface area contributed by atoms with Gasteiger partial charge in [-0.3, -0.25) is 0 Å². The van der Waals surface area contributed by atoms with Crippen LogP contribution < -0.4 is 4.74 Å². The van der Waals surface area contributed by atoms with Crippen molar-refractivity contribution in [3.8, 4) is 17.2 Å². The molecule has 0 spiro atoms. The molecule has 0 bridgehead atoms. The van der Waals surface area contributed by atoms with E-state index in [0.717, 1.165) is 5.56 Å². The Labute approximate surface area is 176 Å². The zero-order chi connectivity index (χ0) is 20.5. The third-order valence-electron chi connectivity index (χ3n) is 4.49. The van der Waals surface area contributed by atoms with Crippen LogP contribution in [0.2, 0.25) is 10.0 Å². The van der Waals surface area contributed by atoms with Gasteiger partial charge in [-0.1, -0.05) is 35.3 Å². The number of ether oxygens (including phenoxy) is 1. The Balaban J connectivity index is 1.90. The van der Waals surface area contributed by atoms with Crippen LogP contribution in [0.4, 0.5) is 0 Å². The van der Waals surface area contributed by atoms with Crippen molar-refractivity contribution in [2.24, 2.45) is 0 Å². The highest BCUT2D eigenvalue weighted by atomic mass is 35.5. The molecule has 0 saturated carbocycles. The monoisotopic (exact) mass is 427 g/mol. The van der Waals surface area contributed by atoms with Gasteiger partial charge >= 0.3 is 5.97 Å². The molecule has 0 saturated heterocycles. The van der Waals surface area contributed by atoms with E-state index in [0.29, 0.717) is 33.2 Å². The molecule has 0 unspecified atom stereocenters. The Kier molecular flexibility index (Phi) is 5.09. The van der Waals surface area contributed by atoms with Gasteiger partial charge in [-0.15, -0.1) is 0 Å². The summed E-state index contributed by atoms with van der Waals surface area (Å²) in [4.78, 5) is 12.2. The summed E-state index contributed by atoms with van der Waals surface area (Å²) in [7, 11) is 0. The van der Waals surface area contributed by atoms with Crippen molar-refractivity contribution >= 4 is 40.1 Å². The standard InChI is InChI=1S/C22H15Cl2NO4/c23-14-3-1-13(2-4-14)12-25-19-10-5-15(24)11-18(19)21(20(25)22(27)28)29-17-8-6-16(26)7-9-17/h1-11,26H,12H2,(H,27,28). The van der Waals surface area contributed by atoms with Crippen LogP contribution in [0.5, 0.6) is 17.2 Å². The van der Waals surface area contributed by atoms with E-state index in [9.17, 15) is 15.0 Å². The number of benzene rings is 3. The molecule has 29 heavy (non-hydrogen) atoms. The molecule has 0 amide bonds. The van der Waals surface area contributed by atoms with Gasteiger partial charge < -0.3 is 19.5 Å². The highest BCUT2D eigenvalue weighted by Crippen LogP contribution is 2.38. The van der Waals surface area contributed by atoms with Crippen molar-refractivity contribution < 1.29 is 19.7 Å². The molecule has 0 fully saturated rings. The van der Waals surface area contributed by atoms with Crippen molar-refractivity contribution in [1.29, 1.82) is 0 Å². The summed E-state index contributed by atoms with van der Waals surface area (Å²) in [6.07, 6.45) is 0. The lowest BCUT2D eigenvalue weighted by molar-refractivity contribution is 0.0683. The SMILES string of the molecule is O=C(O)c1c(Oc2ccc(O)cc2)c2cc(Cl)ccc2n1Cc1ccc(Cl)cc1. The molecule has 0 aliphatic heterocycles. The van der Waals surface area contributed by atoms with E-state index in [-0.39, 0.29) is 17.2 Å². The zero-order valence-electron chi connectivity index (χ0n) is 15.0. The molecule has 4 aromatic rings. The molecule has 0 aliphatic carbocycles. The van der Waals surface area contributed by atoms with E-state index in [4.69, 9.17) is 27.9 Å². The first kappa shape index (κ1) is 19.2. The van der Waals surface area contributed by atoms with Gasteiger partial charge in [-0.05, 0) is 60.2 Å². The maximum Gasteiger partial charge on any atom is 0.356 e. The topological polar surface area (TPSA) is 71.7 Å². The number of aromatic carboxylic acids is 1. The second-order valence-corrected chi connectivity index (χ2v) is 7.33. The number of aromatic hydroxyl groups is 1. The van der Waals surface area contributed by atoms with E-state index in [1.165, 1.54) is 12.1 Å². The number of hydrogen-bond donors (Lipinski definition) is 2. The number of rotatable bonds is 5. The van der Waals surface area contributed by atoms with Gasteiger partial charge in [0.1, 0.15) is 11.5 Å². The number of nitrogens with zero attached hydrogens (tertiary/aromatic N) is 1.